The summed E-state index contributed by atoms with van der Waals surface area (Å²) < 4.78 is 5.69. The molecule has 0 spiro atoms. The molecule has 3 nitrogen and oxygen atoms in total. The fourth-order valence-electron chi connectivity index (χ4n) is 1.85. The fourth-order valence-corrected chi connectivity index (χ4v) is 1.85. The van der Waals surface area contributed by atoms with Crippen molar-refractivity contribution in [3.8, 4) is 5.75 Å². The maximum Gasteiger partial charge on any atom is 0.119 e. The maximum atomic E-state index is 8.58. The summed E-state index contributed by atoms with van der Waals surface area (Å²) in [7, 11) is 0. The summed E-state index contributed by atoms with van der Waals surface area (Å²) in [6.07, 6.45) is 6.59. The molecule has 0 atom stereocenters. The monoisotopic (exact) mass is 263 g/mol. The molecule has 19 heavy (non-hydrogen) atoms. The highest BCUT2D eigenvalue weighted by molar-refractivity contribution is 5.81. The average Bonchev–Trinajstić information content (AvgIpc) is 2.45. The number of benzene rings is 1. The van der Waals surface area contributed by atoms with Crippen LogP contribution in [-0.4, -0.2) is 17.5 Å². The molecule has 0 aliphatic rings. The van der Waals surface area contributed by atoms with Crippen LogP contribution in [0.1, 0.15) is 51.5 Å². The Bertz CT molecular complexity index is 371. The normalized spacial score (nSPS) is 11.6. The van der Waals surface area contributed by atoms with Crippen molar-refractivity contribution in [2.24, 2.45) is 5.16 Å². The van der Waals surface area contributed by atoms with E-state index in [2.05, 4.69) is 24.2 Å². The van der Waals surface area contributed by atoms with Gasteiger partial charge in [0, 0.05) is 0 Å². The highest BCUT2D eigenvalue weighted by Crippen LogP contribution is 2.14. The molecule has 0 fully saturated rings. The summed E-state index contributed by atoms with van der Waals surface area (Å²) in [6.45, 7) is 4.84. The van der Waals surface area contributed by atoms with Crippen molar-refractivity contribution in [2.45, 2.75) is 52.4 Å². The van der Waals surface area contributed by atoms with Gasteiger partial charge < -0.3 is 9.94 Å². The Morgan fingerprint density at radius 3 is 2.53 bits per heavy atom. The lowest BCUT2D eigenvalue weighted by Crippen LogP contribution is -1.98. The quantitative estimate of drug-likeness (QED) is 0.310. The van der Waals surface area contributed by atoms with Gasteiger partial charge in [-0.2, -0.15) is 0 Å². The highest BCUT2D eigenvalue weighted by atomic mass is 16.5. The van der Waals surface area contributed by atoms with Crippen molar-refractivity contribution in [1.29, 1.82) is 0 Å². The van der Waals surface area contributed by atoms with E-state index in [1.807, 2.05) is 19.1 Å². The van der Waals surface area contributed by atoms with Gasteiger partial charge in [0.2, 0.25) is 0 Å². The molecule has 0 saturated heterocycles. The number of aryl methyl sites for hydroxylation is 1. The number of hydrogen-bond acceptors (Lipinski definition) is 3. The fraction of sp³-hybridized carbons (Fsp3) is 0.562. The largest absolute Gasteiger partial charge is 0.494 e. The van der Waals surface area contributed by atoms with Gasteiger partial charge in [0.25, 0.3) is 0 Å². The number of ether oxygens (including phenoxy) is 1. The van der Waals surface area contributed by atoms with Crippen molar-refractivity contribution in [2.75, 3.05) is 6.61 Å². The highest BCUT2D eigenvalue weighted by Gasteiger charge is 1.98. The first-order valence-electron chi connectivity index (χ1n) is 7.15. The third kappa shape index (κ3) is 6.85. The molecular formula is C16H25NO2. The second-order valence-corrected chi connectivity index (χ2v) is 4.89. The Labute approximate surface area is 116 Å². The molecule has 0 amide bonds. The lowest BCUT2D eigenvalue weighted by molar-refractivity contribution is 0.305. The predicted octanol–water partition coefficient (Wildman–Crippen LogP) is 4.43. The van der Waals surface area contributed by atoms with E-state index in [1.54, 1.807) is 0 Å². The van der Waals surface area contributed by atoms with Gasteiger partial charge in [0.05, 0.1) is 12.3 Å². The predicted molar refractivity (Wildman–Crippen MR) is 79.3 cm³/mol. The van der Waals surface area contributed by atoms with Crippen LogP contribution in [0.5, 0.6) is 5.75 Å². The van der Waals surface area contributed by atoms with Gasteiger partial charge in [-0.15, -0.1) is 0 Å². The van der Waals surface area contributed by atoms with E-state index in [-0.39, 0.29) is 0 Å². The number of rotatable bonds is 9. The van der Waals surface area contributed by atoms with Gasteiger partial charge in [-0.1, -0.05) is 43.5 Å². The van der Waals surface area contributed by atoms with Crippen LogP contribution in [0.25, 0.3) is 0 Å². The number of oxime groups is 1. The zero-order valence-corrected chi connectivity index (χ0v) is 12.1. The molecule has 1 aromatic rings. The van der Waals surface area contributed by atoms with Gasteiger partial charge in [-0.3, -0.25) is 0 Å². The third-order valence-corrected chi connectivity index (χ3v) is 3.14. The van der Waals surface area contributed by atoms with E-state index >= 15 is 0 Å². The summed E-state index contributed by atoms with van der Waals surface area (Å²) in [5.41, 5.74) is 2.00. The van der Waals surface area contributed by atoms with Crippen LogP contribution in [0.4, 0.5) is 0 Å². The maximum absolute atomic E-state index is 8.58. The van der Waals surface area contributed by atoms with E-state index in [9.17, 15) is 0 Å². The van der Waals surface area contributed by atoms with Crippen LogP contribution in [0.2, 0.25) is 0 Å². The van der Waals surface area contributed by atoms with Crippen molar-refractivity contribution >= 4 is 5.71 Å². The summed E-state index contributed by atoms with van der Waals surface area (Å²) in [5, 5.41) is 11.8. The number of nitrogens with zero attached hydrogens (tertiary/aromatic N) is 1. The van der Waals surface area contributed by atoms with Gasteiger partial charge >= 0.3 is 0 Å². The SMILES string of the molecule is CCCCCCOc1ccc(CC/C(C)=N/O)cc1. The zero-order valence-electron chi connectivity index (χ0n) is 12.1. The molecule has 0 aliphatic carbocycles. The first-order chi connectivity index (χ1) is 9.26. The van der Waals surface area contributed by atoms with E-state index < -0.39 is 0 Å². The molecule has 0 aromatic heterocycles. The molecule has 1 N–H and O–H groups in total. The van der Waals surface area contributed by atoms with E-state index in [0.717, 1.165) is 37.3 Å². The summed E-state index contributed by atoms with van der Waals surface area (Å²) >= 11 is 0. The molecule has 1 aromatic carbocycles. The standard InChI is InChI=1S/C16H25NO2/c1-3-4-5-6-13-19-16-11-9-15(10-12-16)8-7-14(2)17-18/h9-12,18H,3-8,13H2,1-2H3/b17-14+. The van der Waals surface area contributed by atoms with Crippen molar-refractivity contribution in [1.82, 2.24) is 0 Å². The minimum atomic E-state index is 0.760. The molecule has 0 unspecified atom stereocenters. The van der Waals surface area contributed by atoms with Gasteiger partial charge in [0.15, 0.2) is 0 Å². The molecule has 3 heteroatoms. The van der Waals surface area contributed by atoms with Crippen LogP contribution < -0.4 is 4.74 Å². The van der Waals surface area contributed by atoms with Crippen LogP contribution in [0, 0.1) is 0 Å². The van der Waals surface area contributed by atoms with Crippen LogP contribution in [0.15, 0.2) is 29.4 Å². The van der Waals surface area contributed by atoms with Gasteiger partial charge in [-0.05, 0) is 43.9 Å². The second-order valence-electron chi connectivity index (χ2n) is 4.89. The second kappa shape index (κ2) is 9.42. The Kier molecular flexibility index (Phi) is 7.71. The van der Waals surface area contributed by atoms with Crippen molar-refractivity contribution in [3.05, 3.63) is 29.8 Å². The van der Waals surface area contributed by atoms with E-state index in [4.69, 9.17) is 9.94 Å². The lowest BCUT2D eigenvalue weighted by atomic mass is 10.1. The van der Waals surface area contributed by atoms with Gasteiger partial charge in [0.1, 0.15) is 5.75 Å². The summed E-state index contributed by atoms with van der Waals surface area (Å²) in [6, 6.07) is 8.18. The van der Waals surface area contributed by atoms with Crippen LogP contribution in [-0.2, 0) is 6.42 Å². The molecular weight excluding hydrogens is 238 g/mol. The smallest absolute Gasteiger partial charge is 0.119 e. The van der Waals surface area contributed by atoms with Crippen LogP contribution >= 0.6 is 0 Å². The zero-order chi connectivity index (χ0) is 13.9. The van der Waals surface area contributed by atoms with E-state index in [0.29, 0.717) is 0 Å². The van der Waals surface area contributed by atoms with Gasteiger partial charge in [-0.25, -0.2) is 0 Å². The molecule has 0 bridgehead atoms. The first-order valence-corrected chi connectivity index (χ1v) is 7.15. The molecule has 106 valence electrons. The Morgan fingerprint density at radius 2 is 1.89 bits per heavy atom. The number of hydrogen-bond donors (Lipinski definition) is 1. The van der Waals surface area contributed by atoms with Crippen LogP contribution in [0.3, 0.4) is 0 Å². The van der Waals surface area contributed by atoms with Crippen molar-refractivity contribution < 1.29 is 9.94 Å². The first kappa shape index (κ1) is 15.5. The third-order valence-electron chi connectivity index (χ3n) is 3.14. The molecule has 0 saturated carbocycles. The topological polar surface area (TPSA) is 41.8 Å². The number of unbranched alkanes of at least 4 members (excludes halogenated alkanes) is 3. The average molecular weight is 263 g/mol. The summed E-state index contributed by atoms with van der Waals surface area (Å²) in [5.74, 6) is 0.938. The minimum Gasteiger partial charge on any atom is -0.494 e. The summed E-state index contributed by atoms with van der Waals surface area (Å²) in [4.78, 5) is 0. The Morgan fingerprint density at radius 1 is 1.16 bits per heavy atom. The van der Waals surface area contributed by atoms with Crippen molar-refractivity contribution in [3.63, 3.8) is 0 Å². The molecule has 0 heterocycles. The Hall–Kier alpha value is -1.51. The molecule has 1 rings (SSSR count). The Balaban J connectivity index is 2.27. The molecule has 0 aliphatic heterocycles. The molecule has 0 radical (unpaired) electrons. The minimum absolute atomic E-state index is 0.760. The lowest BCUT2D eigenvalue weighted by Gasteiger charge is -2.07. The van der Waals surface area contributed by atoms with E-state index in [1.165, 1.54) is 24.8 Å².